The Bertz CT molecular complexity index is 356. The van der Waals surface area contributed by atoms with E-state index in [9.17, 15) is 0 Å². The highest BCUT2D eigenvalue weighted by molar-refractivity contribution is 5.26. The molecular formula is C15H22O. The molecule has 1 nitrogen and oxygen atoms in total. The fraction of sp³-hybridized carbons (Fsp3) is 0.733. The lowest BCUT2D eigenvalue weighted by Gasteiger charge is -2.44. The number of allylic oxidation sites excluding steroid dienone is 2. The maximum atomic E-state index is 5.67. The van der Waals surface area contributed by atoms with Gasteiger partial charge in [0, 0.05) is 0 Å². The minimum atomic E-state index is 0.384. The molecule has 5 atom stereocenters. The van der Waals surface area contributed by atoms with Gasteiger partial charge in [-0.3, -0.25) is 0 Å². The topological polar surface area (TPSA) is 12.5 Å². The first kappa shape index (κ1) is 10.6. The molecule has 1 aliphatic heterocycles. The minimum absolute atomic E-state index is 0.384. The van der Waals surface area contributed by atoms with Gasteiger partial charge in [0.05, 0.1) is 12.2 Å². The van der Waals surface area contributed by atoms with E-state index in [1.54, 1.807) is 0 Å². The van der Waals surface area contributed by atoms with Gasteiger partial charge in [-0.1, -0.05) is 31.2 Å². The van der Waals surface area contributed by atoms with Crippen molar-refractivity contribution < 1.29 is 4.74 Å². The van der Waals surface area contributed by atoms with Gasteiger partial charge in [0.1, 0.15) is 0 Å². The van der Waals surface area contributed by atoms with E-state index in [4.69, 9.17) is 4.74 Å². The monoisotopic (exact) mass is 218 g/mol. The number of ether oxygens (including phenoxy) is 1. The molecule has 2 aliphatic carbocycles. The van der Waals surface area contributed by atoms with E-state index in [1.807, 2.05) is 0 Å². The molecule has 16 heavy (non-hydrogen) atoms. The standard InChI is InChI=1S/C15H22O/c1-9(2)12-6-5-10(3)15(7-12)8-13-14(16-13)11(15)4/h11-14H,1,3,5-8H2,2,4H3/t11-,12-,13+,14-,15+/m1/s1. The van der Waals surface area contributed by atoms with E-state index in [-0.39, 0.29) is 0 Å². The zero-order valence-corrected chi connectivity index (χ0v) is 10.5. The van der Waals surface area contributed by atoms with Crippen molar-refractivity contribution >= 4 is 0 Å². The van der Waals surface area contributed by atoms with Crippen LogP contribution in [0.4, 0.5) is 0 Å². The van der Waals surface area contributed by atoms with Gasteiger partial charge in [-0.2, -0.15) is 0 Å². The SMILES string of the molecule is C=C(C)[C@@H]1CCC(=C)[C@]2(C1)C[C@@H]1O[C@@H]1[C@H]2C. The second-order valence-electron chi connectivity index (χ2n) is 6.18. The van der Waals surface area contributed by atoms with Gasteiger partial charge in [0.15, 0.2) is 0 Å². The Morgan fingerprint density at radius 3 is 2.75 bits per heavy atom. The molecule has 0 bridgehead atoms. The highest BCUT2D eigenvalue weighted by atomic mass is 16.6. The van der Waals surface area contributed by atoms with E-state index in [1.165, 1.54) is 36.8 Å². The molecule has 1 heterocycles. The molecule has 0 N–H and O–H groups in total. The third kappa shape index (κ3) is 1.27. The molecule has 1 heteroatoms. The van der Waals surface area contributed by atoms with E-state index < -0.39 is 0 Å². The van der Waals surface area contributed by atoms with Crippen molar-refractivity contribution in [2.45, 2.75) is 51.7 Å². The number of rotatable bonds is 1. The van der Waals surface area contributed by atoms with Gasteiger partial charge in [-0.05, 0) is 49.9 Å². The molecule has 2 saturated carbocycles. The van der Waals surface area contributed by atoms with Gasteiger partial charge in [0.2, 0.25) is 0 Å². The molecule has 0 radical (unpaired) electrons. The first-order valence-corrected chi connectivity index (χ1v) is 6.54. The molecule has 0 aromatic heterocycles. The second-order valence-corrected chi connectivity index (χ2v) is 6.18. The van der Waals surface area contributed by atoms with Crippen molar-refractivity contribution in [3.63, 3.8) is 0 Å². The van der Waals surface area contributed by atoms with Crippen LogP contribution in [0.1, 0.15) is 39.5 Å². The Kier molecular flexibility index (Phi) is 2.13. The molecule has 0 aromatic carbocycles. The molecule has 3 aliphatic rings. The van der Waals surface area contributed by atoms with Crippen molar-refractivity contribution in [2.24, 2.45) is 17.3 Å². The zero-order chi connectivity index (χ0) is 11.5. The van der Waals surface area contributed by atoms with E-state index in [0.29, 0.717) is 29.5 Å². The number of hydrogen-bond acceptors (Lipinski definition) is 1. The zero-order valence-electron chi connectivity index (χ0n) is 10.5. The van der Waals surface area contributed by atoms with Crippen LogP contribution in [0.15, 0.2) is 24.3 Å². The quantitative estimate of drug-likeness (QED) is 0.483. The van der Waals surface area contributed by atoms with Crippen LogP contribution >= 0.6 is 0 Å². The van der Waals surface area contributed by atoms with Gasteiger partial charge in [0.25, 0.3) is 0 Å². The Morgan fingerprint density at radius 1 is 1.44 bits per heavy atom. The van der Waals surface area contributed by atoms with Crippen LogP contribution in [-0.4, -0.2) is 12.2 Å². The predicted molar refractivity (Wildman–Crippen MR) is 66.2 cm³/mol. The highest BCUT2D eigenvalue weighted by Crippen LogP contribution is 2.63. The number of epoxide rings is 1. The lowest BCUT2D eigenvalue weighted by molar-refractivity contribution is 0.0982. The van der Waals surface area contributed by atoms with E-state index in [0.717, 1.165) is 0 Å². The average molecular weight is 218 g/mol. The normalized spacial score (nSPS) is 50.5. The summed E-state index contributed by atoms with van der Waals surface area (Å²) in [4.78, 5) is 0. The number of fused-ring (bicyclic) bond motifs is 1. The molecule has 3 rings (SSSR count). The maximum Gasteiger partial charge on any atom is 0.0876 e. The first-order valence-electron chi connectivity index (χ1n) is 6.54. The highest BCUT2D eigenvalue weighted by Gasteiger charge is 2.62. The smallest absolute Gasteiger partial charge is 0.0876 e. The lowest BCUT2D eigenvalue weighted by atomic mass is 9.61. The third-order valence-electron chi connectivity index (χ3n) is 5.36. The van der Waals surface area contributed by atoms with E-state index >= 15 is 0 Å². The maximum absolute atomic E-state index is 5.67. The van der Waals surface area contributed by atoms with Crippen LogP contribution in [0.3, 0.4) is 0 Å². The van der Waals surface area contributed by atoms with Crippen molar-refractivity contribution in [1.82, 2.24) is 0 Å². The summed E-state index contributed by atoms with van der Waals surface area (Å²) in [6.07, 6.45) is 6.05. The Morgan fingerprint density at radius 2 is 2.19 bits per heavy atom. The largest absolute Gasteiger partial charge is 0.369 e. The van der Waals surface area contributed by atoms with Crippen molar-refractivity contribution in [1.29, 1.82) is 0 Å². The fourth-order valence-electron chi connectivity index (χ4n) is 4.06. The van der Waals surface area contributed by atoms with Gasteiger partial charge < -0.3 is 4.74 Å². The Labute approximate surface area is 98.6 Å². The summed E-state index contributed by atoms with van der Waals surface area (Å²) in [5, 5.41) is 0. The molecule has 0 aromatic rings. The van der Waals surface area contributed by atoms with Crippen molar-refractivity contribution in [3.8, 4) is 0 Å². The van der Waals surface area contributed by atoms with E-state index in [2.05, 4.69) is 27.0 Å². The Balaban J connectivity index is 1.87. The van der Waals surface area contributed by atoms with Crippen LogP contribution in [-0.2, 0) is 4.74 Å². The molecule has 1 spiro atoms. The predicted octanol–water partition coefficient (Wildman–Crippen LogP) is 3.71. The summed E-state index contributed by atoms with van der Waals surface area (Å²) >= 11 is 0. The van der Waals surface area contributed by atoms with Crippen molar-refractivity contribution in [2.75, 3.05) is 0 Å². The van der Waals surface area contributed by atoms with Crippen LogP contribution < -0.4 is 0 Å². The van der Waals surface area contributed by atoms with Gasteiger partial charge >= 0.3 is 0 Å². The summed E-state index contributed by atoms with van der Waals surface area (Å²) in [6.45, 7) is 13.1. The molecule has 3 fully saturated rings. The molecule has 0 unspecified atom stereocenters. The molecule has 0 amide bonds. The Hall–Kier alpha value is -0.560. The number of hydrogen-bond donors (Lipinski definition) is 0. The van der Waals surface area contributed by atoms with Gasteiger partial charge in [-0.15, -0.1) is 0 Å². The summed E-state index contributed by atoms with van der Waals surface area (Å²) < 4.78 is 5.67. The van der Waals surface area contributed by atoms with Crippen LogP contribution in [0, 0.1) is 17.3 Å². The molecule has 1 saturated heterocycles. The summed E-state index contributed by atoms with van der Waals surface area (Å²) in [5.74, 6) is 1.39. The van der Waals surface area contributed by atoms with Crippen LogP contribution in [0.2, 0.25) is 0 Å². The minimum Gasteiger partial charge on any atom is -0.369 e. The van der Waals surface area contributed by atoms with Crippen LogP contribution in [0.5, 0.6) is 0 Å². The fourth-order valence-corrected chi connectivity index (χ4v) is 4.06. The molecular weight excluding hydrogens is 196 g/mol. The van der Waals surface area contributed by atoms with Gasteiger partial charge in [-0.25, -0.2) is 0 Å². The second kappa shape index (κ2) is 3.22. The summed E-state index contributed by atoms with van der Waals surface area (Å²) in [6, 6.07) is 0. The summed E-state index contributed by atoms with van der Waals surface area (Å²) in [5.41, 5.74) is 3.24. The first-order chi connectivity index (χ1) is 7.54. The lowest BCUT2D eigenvalue weighted by Crippen LogP contribution is -2.36. The molecule has 88 valence electrons. The third-order valence-corrected chi connectivity index (χ3v) is 5.36. The van der Waals surface area contributed by atoms with Crippen molar-refractivity contribution in [3.05, 3.63) is 24.3 Å². The average Bonchev–Trinajstić information content (AvgIpc) is 2.93. The van der Waals surface area contributed by atoms with Crippen LogP contribution in [0.25, 0.3) is 0 Å². The summed E-state index contributed by atoms with van der Waals surface area (Å²) in [7, 11) is 0.